The van der Waals surface area contributed by atoms with E-state index in [1.807, 2.05) is 0 Å². The number of nitrogens with two attached hydrogens (primary N) is 1. The van der Waals surface area contributed by atoms with Gasteiger partial charge in [-0.2, -0.15) is 5.26 Å². The molecule has 0 bridgehead atoms. The summed E-state index contributed by atoms with van der Waals surface area (Å²) in [4.78, 5) is 3.47. The van der Waals surface area contributed by atoms with Gasteiger partial charge in [-0.15, -0.1) is 0 Å². The minimum absolute atomic E-state index is 0.117. The number of hydrogen-bond acceptors (Lipinski definition) is 3. The lowest BCUT2D eigenvalue weighted by molar-refractivity contribution is 0.159. The van der Waals surface area contributed by atoms with Gasteiger partial charge < -0.3 is 5.73 Å². The molecular weight excluding hydrogens is 243 g/mol. The Hall–Kier alpha value is -2.29. The zero-order chi connectivity index (χ0) is 13.5. The van der Waals surface area contributed by atoms with Crippen LogP contribution in [0.15, 0.2) is 29.4 Å². The number of nitriles is 1. The SMILES string of the molecule is N#Cc1cc(F)cc(C(C=NCC(F)F)=CN)c1. The lowest BCUT2D eigenvalue weighted by Crippen LogP contribution is -1.98. The maximum absolute atomic E-state index is 13.2. The van der Waals surface area contributed by atoms with Gasteiger partial charge in [-0.3, -0.25) is 4.99 Å². The summed E-state index contributed by atoms with van der Waals surface area (Å²) in [6, 6.07) is 5.40. The third-order valence-corrected chi connectivity index (χ3v) is 2.01. The number of benzene rings is 1. The van der Waals surface area contributed by atoms with Gasteiger partial charge in [0, 0.05) is 18.0 Å². The van der Waals surface area contributed by atoms with E-state index in [4.69, 9.17) is 11.0 Å². The number of allylic oxidation sites excluding steroid dienone is 1. The monoisotopic (exact) mass is 253 g/mol. The highest BCUT2D eigenvalue weighted by atomic mass is 19.3. The lowest BCUT2D eigenvalue weighted by Gasteiger charge is -2.02. The van der Waals surface area contributed by atoms with Crippen molar-refractivity contribution in [3.63, 3.8) is 0 Å². The molecule has 0 atom stereocenters. The molecule has 1 rings (SSSR count). The van der Waals surface area contributed by atoms with Crippen LogP contribution < -0.4 is 5.73 Å². The highest BCUT2D eigenvalue weighted by Crippen LogP contribution is 2.16. The molecule has 0 saturated heterocycles. The van der Waals surface area contributed by atoms with Gasteiger partial charge in [0.25, 0.3) is 6.43 Å². The van der Waals surface area contributed by atoms with Gasteiger partial charge in [0.1, 0.15) is 5.82 Å². The van der Waals surface area contributed by atoms with E-state index in [9.17, 15) is 13.2 Å². The quantitative estimate of drug-likeness (QED) is 0.837. The van der Waals surface area contributed by atoms with Crippen LogP contribution in [0.1, 0.15) is 11.1 Å². The van der Waals surface area contributed by atoms with Gasteiger partial charge in [0.15, 0.2) is 0 Å². The smallest absolute Gasteiger partial charge is 0.257 e. The number of rotatable bonds is 4. The second-order valence-electron chi connectivity index (χ2n) is 3.35. The van der Waals surface area contributed by atoms with Crippen molar-refractivity contribution in [2.24, 2.45) is 10.7 Å². The van der Waals surface area contributed by atoms with Crippen LogP contribution in [0.25, 0.3) is 5.57 Å². The molecule has 0 fully saturated rings. The molecule has 0 unspecified atom stereocenters. The van der Waals surface area contributed by atoms with Gasteiger partial charge in [-0.25, -0.2) is 13.2 Å². The summed E-state index contributed by atoms with van der Waals surface area (Å²) in [6.07, 6.45) is -0.310. The summed E-state index contributed by atoms with van der Waals surface area (Å²) in [5.41, 5.74) is 6.02. The molecule has 2 N–H and O–H groups in total. The van der Waals surface area contributed by atoms with Crippen LogP contribution in [0.2, 0.25) is 0 Å². The summed E-state index contributed by atoms with van der Waals surface area (Å²) in [7, 11) is 0. The van der Waals surface area contributed by atoms with Crippen molar-refractivity contribution in [1.29, 1.82) is 5.26 Å². The average Bonchev–Trinajstić information content (AvgIpc) is 2.33. The van der Waals surface area contributed by atoms with Crippen molar-refractivity contribution in [3.8, 4) is 6.07 Å². The first kappa shape index (κ1) is 13.8. The Labute approximate surface area is 102 Å². The van der Waals surface area contributed by atoms with Crippen molar-refractivity contribution < 1.29 is 13.2 Å². The highest BCUT2D eigenvalue weighted by molar-refractivity contribution is 6.09. The Kier molecular flexibility index (Phi) is 4.93. The molecule has 0 amide bonds. The lowest BCUT2D eigenvalue weighted by atomic mass is 10.0. The van der Waals surface area contributed by atoms with Crippen LogP contribution in [0.5, 0.6) is 0 Å². The summed E-state index contributed by atoms with van der Waals surface area (Å²) >= 11 is 0. The molecule has 0 radical (unpaired) electrons. The van der Waals surface area contributed by atoms with E-state index in [2.05, 4.69) is 4.99 Å². The molecule has 0 aliphatic rings. The average molecular weight is 253 g/mol. The van der Waals surface area contributed by atoms with Gasteiger partial charge in [-0.05, 0) is 23.8 Å². The Balaban J connectivity index is 3.00. The van der Waals surface area contributed by atoms with Crippen LogP contribution in [-0.4, -0.2) is 19.2 Å². The third-order valence-electron chi connectivity index (χ3n) is 2.01. The van der Waals surface area contributed by atoms with Crippen molar-refractivity contribution in [2.45, 2.75) is 6.43 Å². The molecule has 0 aromatic heterocycles. The number of aliphatic imine (C=N–C) groups is 1. The first-order valence-electron chi connectivity index (χ1n) is 4.97. The summed E-state index contributed by atoms with van der Waals surface area (Å²) in [5.74, 6) is -0.606. The molecule has 0 saturated carbocycles. The predicted molar refractivity (Wildman–Crippen MR) is 62.6 cm³/mol. The van der Waals surface area contributed by atoms with E-state index < -0.39 is 18.8 Å². The fraction of sp³-hybridized carbons (Fsp3) is 0.167. The van der Waals surface area contributed by atoms with Gasteiger partial charge in [0.2, 0.25) is 0 Å². The maximum Gasteiger partial charge on any atom is 0.257 e. The predicted octanol–water partition coefficient (Wildman–Crippen LogP) is 2.33. The first-order chi connectivity index (χ1) is 8.56. The molecule has 18 heavy (non-hydrogen) atoms. The number of halogens is 3. The highest BCUT2D eigenvalue weighted by Gasteiger charge is 2.04. The molecule has 1 aromatic rings. The Morgan fingerprint density at radius 1 is 1.44 bits per heavy atom. The van der Waals surface area contributed by atoms with Crippen molar-refractivity contribution in [1.82, 2.24) is 0 Å². The van der Waals surface area contributed by atoms with Gasteiger partial charge in [0.05, 0.1) is 18.2 Å². The molecule has 0 aliphatic carbocycles. The van der Waals surface area contributed by atoms with Crippen LogP contribution in [0.3, 0.4) is 0 Å². The summed E-state index contributed by atoms with van der Waals surface area (Å²) in [6.45, 7) is -0.655. The third kappa shape index (κ3) is 3.94. The molecule has 1 aromatic carbocycles. The Morgan fingerprint density at radius 3 is 2.72 bits per heavy atom. The van der Waals surface area contributed by atoms with Crippen LogP contribution in [-0.2, 0) is 0 Å². The zero-order valence-electron chi connectivity index (χ0n) is 9.28. The summed E-state index contributed by atoms with van der Waals surface area (Å²) in [5, 5.41) is 8.69. The second-order valence-corrected chi connectivity index (χ2v) is 3.35. The van der Waals surface area contributed by atoms with Crippen LogP contribution >= 0.6 is 0 Å². The number of nitrogens with zero attached hydrogens (tertiary/aromatic N) is 2. The largest absolute Gasteiger partial charge is 0.404 e. The fourth-order valence-electron chi connectivity index (χ4n) is 1.27. The zero-order valence-corrected chi connectivity index (χ0v) is 9.28. The van der Waals surface area contributed by atoms with Gasteiger partial charge >= 0.3 is 0 Å². The summed E-state index contributed by atoms with van der Waals surface area (Å²) < 4.78 is 37.0. The fourth-order valence-corrected chi connectivity index (χ4v) is 1.27. The van der Waals surface area contributed by atoms with Crippen LogP contribution in [0, 0.1) is 17.1 Å². The molecular formula is C12H10F3N3. The van der Waals surface area contributed by atoms with Crippen molar-refractivity contribution in [3.05, 3.63) is 41.3 Å². The topological polar surface area (TPSA) is 62.2 Å². The van der Waals surface area contributed by atoms with E-state index in [0.717, 1.165) is 24.5 Å². The second kappa shape index (κ2) is 6.45. The normalized spacial score (nSPS) is 12.1. The van der Waals surface area contributed by atoms with Gasteiger partial charge in [-0.1, -0.05) is 0 Å². The van der Waals surface area contributed by atoms with Crippen LogP contribution in [0.4, 0.5) is 13.2 Å². The molecule has 0 spiro atoms. The molecule has 0 heterocycles. The van der Waals surface area contributed by atoms with E-state index in [1.165, 1.54) is 6.07 Å². The maximum atomic E-state index is 13.2. The molecule has 3 nitrogen and oxygen atoms in total. The Morgan fingerprint density at radius 2 is 2.17 bits per heavy atom. The number of alkyl halides is 2. The standard InChI is InChI=1S/C12H10F3N3/c13-11-2-8(4-16)1-9(3-11)10(5-17)6-18-7-12(14)15/h1-3,5-6,12H,7,17H2. The minimum Gasteiger partial charge on any atom is -0.404 e. The Bertz CT molecular complexity index is 516. The minimum atomic E-state index is -2.55. The van der Waals surface area contributed by atoms with Crippen molar-refractivity contribution in [2.75, 3.05) is 6.54 Å². The van der Waals surface area contributed by atoms with Crippen molar-refractivity contribution >= 4 is 11.8 Å². The molecule has 6 heteroatoms. The van der Waals surface area contributed by atoms with E-state index in [1.54, 1.807) is 6.07 Å². The van der Waals surface area contributed by atoms with E-state index in [-0.39, 0.29) is 11.1 Å². The molecule has 0 aliphatic heterocycles. The number of hydrogen-bond donors (Lipinski definition) is 1. The van der Waals surface area contributed by atoms with E-state index >= 15 is 0 Å². The first-order valence-corrected chi connectivity index (χ1v) is 4.97. The molecule has 94 valence electrons. The van der Waals surface area contributed by atoms with E-state index in [0.29, 0.717) is 5.56 Å².